The van der Waals surface area contributed by atoms with Crippen molar-refractivity contribution in [2.45, 2.75) is 0 Å². The van der Waals surface area contributed by atoms with Crippen LogP contribution in [0.1, 0.15) is 94.0 Å². The molecule has 73 heavy (non-hydrogen) atoms. The number of aromatic nitrogens is 2. The molecule has 11 aromatic carbocycles. The van der Waals surface area contributed by atoms with E-state index in [4.69, 9.17) is 8.75 Å². The van der Waals surface area contributed by atoms with Crippen LogP contribution in [-0.4, -0.2) is 56.0 Å². The SMILES string of the molecule is N#Cc1cc2c3c(ccc4c5c(-c6ccc(-c7cc8c9c(ccc%10c%11c(C#N)cc%12c%13c(ccc(c7c9%10)c%13%11)C(=O)NC%12=O)C(=O)NC8=O)c7nsnc67)cc6c7c(ccc(c1c34)c75)C(=O)NC6=O)C(=O)NC2=O. The second-order valence-electron chi connectivity index (χ2n) is 18.5. The normalized spacial score (nSPS) is 14.9. The molecule has 5 heterocycles. The Hall–Kier alpha value is -10.6. The number of benzene rings is 11. The van der Waals surface area contributed by atoms with Gasteiger partial charge in [-0.3, -0.25) is 59.6 Å². The number of fused-ring (bicyclic) bond motifs is 5. The maximum Gasteiger partial charge on any atom is 0.258 e. The molecule has 4 aliphatic heterocycles. The minimum Gasteiger partial charge on any atom is -0.288 e. The quantitative estimate of drug-likeness (QED) is 0.0723. The predicted octanol–water partition coefficient (Wildman–Crippen LogP) is 8.40. The van der Waals surface area contributed by atoms with Gasteiger partial charge in [0.25, 0.3) is 47.3 Å². The second kappa shape index (κ2) is 12.8. The van der Waals surface area contributed by atoms with Gasteiger partial charge in [-0.1, -0.05) is 36.4 Å². The largest absolute Gasteiger partial charge is 0.288 e. The fourth-order valence-corrected chi connectivity index (χ4v) is 13.1. The van der Waals surface area contributed by atoms with Crippen molar-refractivity contribution in [3.63, 3.8) is 0 Å². The number of rotatable bonds is 2. The van der Waals surface area contributed by atoms with E-state index in [1.54, 1.807) is 60.7 Å². The molecule has 0 bridgehead atoms. The molecular formula is C56H18N8O8S. The average molecular weight is 963 g/mol. The summed E-state index contributed by atoms with van der Waals surface area (Å²) in [4.78, 5) is 109. The number of carbonyl (C=O) groups is 8. The van der Waals surface area contributed by atoms with E-state index < -0.39 is 47.3 Å². The minimum absolute atomic E-state index is 0.140. The fraction of sp³-hybridized carbons (Fsp3) is 0. The van der Waals surface area contributed by atoms with Crippen LogP contribution in [0.25, 0.3) is 119 Å². The van der Waals surface area contributed by atoms with Gasteiger partial charge >= 0.3 is 0 Å². The van der Waals surface area contributed by atoms with Gasteiger partial charge in [0.1, 0.15) is 11.0 Å². The van der Waals surface area contributed by atoms with Crippen LogP contribution < -0.4 is 21.3 Å². The highest BCUT2D eigenvalue weighted by atomic mass is 32.1. The molecule has 0 saturated carbocycles. The lowest BCUT2D eigenvalue weighted by molar-refractivity contribution is 0.0828. The van der Waals surface area contributed by atoms with Gasteiger partial charge in [0.05, 0.1) is 35.0 Å². The molecule has 8 amide bonds. The number of nitrogens with zero attached hydrogens (tertiary/aromatic N) is 4. The maximum absolute atomic E-state index is 14.1. The molecule has 4 aliphatic rings. The summed E-state index contributed by atoms with van der Waals surface area (Å²) >= 11 is 0.910. The predicted molar refractivity (Wildman–Crippen MR) is 267 cm³/mol. The van der Waals surface area contributed by atoms with Gasteiger partial charge in [0, 0.05) is 98.7 Å². The van der Waals surface area contributed by atoms with E-state index in [1.165, 1.54) is 12.1 Å². The van der Waals surface area contributed by atoms with Crippen molar-refractivity contribution in [2.24, 2.45) is 0 Å². The Labute approximate surface area is 408 Å². The van der Waals surface area contributed by atoms with Crippen LogP contribution in [0.15, 0.2) is 84.9 Å². The topological polar surface area (TPSA) is 258 Å². The van der Waals surface area contributed by atoms with Crippen molar-refractivity contribution in [2.75, 3.05) is 0 Å². The molecule has 16 nitrogen and oxygen atoms in total. The zero-order valence-corrected chi connectivity index (χ0v) is 37.4. The molecule has 0 unspecified atom stereocenters. The zero-order chi connectivity index (χ0) is 49.4. The molecule has 16 rings (SSSR count). The van der Waals surface area contributed by atoms with Crippen molar-refractivity contribution >= 4 is 156 Å². The van der Waals surface area contributed by atoms with Crippen molar-refractivity contribution in [1.29, 1.82) is 10.5 Å². The summed E-state index contributed by atoms with van der Waals surface area (Å²) in [5.41, 5.74) is 4.53. The maximum atomic E-state index is 14.1. The molecule has 0 atom stereocenters. The van der Waals surface area contributed by atoms with E-state index in [2.05, 4.69) is 33.4 Å². The number of hydrogen-bond acceptors (Lipinski definition) is 13. The third-order valence-corrected chi connectivity index (χ3v) is 15.8. The molecule has 0 saturated heterocycles. The first-order valence-corrected chi connectivity index (χ1v) is 23.2. The standard InChI is InChI=1S/C56H18N8O8S/c57-15-17-11-31-39-25(49(65)59-53(31)69)9-5-23-37-29(13-33-41-27(51(67)61-55(33)71)7-3-21(45(37)41)35(17)43(23)39)19-1-2-20(48-47(19)63-73-64-48)30-14-34-42-28(52(68)62-56(34)72)8-4-22-36-18(16-58)12-32-40-26(50(66)60-54(32)70)10-6-24(44(36)40)38(30)46(22)42/h1-14H,(H,59,65,69)(H,60,66,70)(H,61,67,71)(H,62,68,72). The lowest BCUT2D eigenvalue weighted by Gasteiger charge is -2.26. The second-order valence-corrected chi connectivity index (χ2v) is 19.0. The number of imide groups is 4. The van der Waals surface area contributed by atoms with Crippen LogP contribution >= 0.6 is 11.7 Å². The average Bonchev–Trinajstić information content (AvgIpc) is 3.89. The summed E-state index contributed by atoms with van der Waals surface area (Å²) in [7, 11) is 0. The number of nitrogens with one attached hydrogen (secondary N) is 4. The summed E-state index contributed by atoms with van der Waals surface area (Å²) in [6.45, 7) is 0. The van der Waals surface area contributed by atoms with E-state index in [0.29, 0.717) is 119 Å². The first-order chi connectivity index (χ1) is 35.4. The van der Waals surface area contributed by atoms with Gasteiger partial charge in [-0.25, -0.2) is 0 Å². The molecule has 0 fully saturated rings. The molecular weight excluding hydrogens is 945 g/mol. The van der Waals surface area contributed by atoms with Crippen molar-refractivity contribution in [3.05, 3.63) is 141 Å². The summed E-state index contributed by atoms with van der Waals surface area (Å²) in [5, 5.41) is 38.5. The third kappa shape index (κ3) is 4.46. The van der Waals surface area contributed by atoms with Crippen LogP contribution in [0.4, 0.5) is 0 Å². The molecule has 12 aromatic rings. The number of amides is 8. The highest BCUT2D eigenvalue weighted by Crippen LogP contribution is 2.53. The van der Waals surface area contributed by atoms with Gasteiger partial charge in [-0.15, -0.1) is 0 Å². The fourth-order valence-electron chi connectivity index (χ4n) is 12.5. The van der Waals surface area contributed by atoms with E-state index in [0.717, 1.165) is 11.7 Å². The van der Waals surface area contributed by atoms with Crippen LogP contribution in [0.3, 0.4) is 0 Å². The van der Waals surface area contributed by atoms with E-state index in [9.17, 15) is 48.9 Å². The Balaban J connectivity index is 1.07. The first kappa shape index (κ1) is 39.3. The summed E-state index contributed by atoms with van der Waals surface area (Å²) in [6, 6.07) is 27.7. The van der Waals surface area contributed by atoms with Crippen LogP contribution in [0.5, 0.6) is 0 Å². The smallest absolute Gasteiger partial charge is 0.258 e. The van der Waals surface area contributed by atoms with E-state index >= 15 is 0 Å². The molecule has 4 N–H and O–H groups in total. The summed E-state index contributed by atoms with van der Waals surface area (Å²) in [6.07, 6.45) is 0. The first-order valence-electron chi connectivity index (χ1n) is 22.5. The van der Waals surface area contributed by atoms with Crippen LogP contribution in [0.2, 0.25) is 0 Å². The molecule has 1 aromatic heterocycles. The Morgan fingerprint density at radius 1 is 0.301 bits per heavy atom. The number of hydrogen-bond donors (Lipinski definition) is 4. The van der Waals surface area contributed by atoms with Crippen LogP contribution in [0, 0.1) is 22.7 Å². The van der Waals surface area contributed by atoms with Crippen LogP contribution in [-0.2, 0) is 0 Å². The highest BCUT2D eigenvalue weighted by Gasteiger charge is 2.37. The lowest BCUT2D eigenvalue weighted by atomic mass is 9.78. The summed E-state index contributed by atoms with van der Waals surface area (Å²) < 4.78 is 9.76. The Morgan fingerprint density at radius 2 is 0.575 bits per heavy atom. The van der Waals surface area contributed by atoms with E-state index in [-0.39, 0.29) is 55.6 Å². The molecule has 336 valence electrons. The monoisotopic (exact) mass is 962 g/mol. The summed E-state index contributed by atoms with van der Waals surface area (Å²) in [5.74, 6) is -5.05. The zero-order valence-electron chi connectivity index (χ0n) is 36.5. The molecule has 0 radical (unpaired) electrons. The van der Waals surface area contributed by atoms with E-state index in [1.807, 2.05) is 12.1 Å². The Bertz CT molecular complexity index is 4800. The van der Waals surface area contributed by atoms with Crippen molar-refractivity contribution in [1.82, 2.24) is 30.0 Å². The molecule has 17 heteroatoms. The van der Waals surface area contributed by atoms with Gasteiger partial charge in [0.2, 0.25) is 0 Å². The van der Waals surface area contributed by atoms with Gasteiger partial charge in [-0.2, -0.15) is 19.3 Å². The van der Waals surface area contributed by atoms with Gasteiger partial charge in [0.15, 0.2) is 0 Å². The lowest BCUT2D eigenvalue weighted by Crippen LogP contribution is -2.35. The van der Waals surface area contributed by atoms with Gasteiger partial charge < -0.3 is 0 Å². The Kier molecular flexibility index (Phi) is 6.87. The van der Waals surface area contributed by atoms with Crippen molar-refractivity contribution < 1.29 is 38.4 Å². The molecule has 0 spiro atoms. The molecule has 0 aliphatic carbocycles. The van der Waals surface area contributed by atoms with Gasteiger partial charge in [-0.05, 0) is 103 Å². The minimum atomic E-state index is -0.662. The number of carbonyl (C=O) groups excluding carboxylic acids is 8. The highest BCUT2D eigenvalue weighted by molar-refractivity contribution is 7.00. The number of nitriles is 2. The van der Waals surface area contributed by atoms with Crippen molar-refractivity contribution in [3.8, 4) is 34.4 Å². The Morgan fingerprint density at radius 3 is 0.904 bits per heavy atom. The third-order valence-electron chi connectivity index (χ3n) is 15.3.